The van der Waals surface area contributed by atoms with Crippen LogP contribution in [0.2, 0.25) is 0 Å². The Labute approximate surface area is 98.1 Å². The van der Waals surface area contributed by atoms with Gasteiger partial charge in [-0.25, -0.2) is 0 Å². The molecule has 2 heterocycles. The first kappa shape index (κ1) is 11.2. The van der Waals surface area contributed by atoms with E-state index in [9.17, 15) is 4.79 Å². The summed E-state index contributed by atoms with van der Waals surface area (Å²) in [6.45, 7) is 2.79. The Kier molecular flexibility index (Phi) is 3.64. The summed E-state index contributed by atoms with van der Waals surface area (Å²) in [5.74, 6) is -0.00347. The molecule has 0 aliphatic carbocycles. The molecule has 0 saturated carbocycles. The van der Waals surface area contributed by atoms with Gasteiger partial charge in [0.15, 0.2) is 5.78 Å². The van der Waals surface area contributed by atoms with E-state index in [1.165, 1.54) is 0 Å². The van der Waals surface area contributed by atoms with E-state index in [4.69, 9.17) is 4.74 Å². The molecule has 2 rings (SSSR count). The normalized spacial score (nSPS) is 10.8. The molecule has 2 aromatic rings. The summed E-state index contributed by atoms with van der Waals surface area (Å²) in [6.07, 6.45) is 2.54. The van der Waals surface area contributed by atoms with Crippen LogP contribution in [0.25, 0.3) is 10.2 Å². The van der Waals surface area contributed by atoms with Gasteiger partial charge in [0.05, 0.1) is 10.2 Å². The number of hydrogen-bond acceptors (Lipinski definition) is 4. The Balaban J connectivity index is 2.10. The second kappa shape index (κ2) is 5.18. The Bertz CT molecular complexity index is 492. The molecular weight excluding hydrogens is 222 g/mol. The van der Waals surface area contributed by atoms with Gasteiger partial charge < -0.3 is 4.74 Å². The van der Waals surface area contributed by atoms with Gasteiger partial charge in [-0.05, 0) is 23.9 Å². The van der Waals surface area contributed by atoms with E-state index >= 15 is 0 Å². The van der Waals surface area contributed by atoms with E-state index in [2.05, 4.69) is 4.98 Å². The average molecular weight is 235 g/mol. The summed E-state index contributed by atoms with van der Waals surface area (Å²) in [4.78, 5) is 15.9. The highest BCUT2D eigenvalue weighted by molar-refractivity contribution is 7.17. The summed E-state index contributed by atoms with van der Waals surface area (Å²) in [6, 6.07) is 3.83. The van der Waals surface area contributed by atoms with Crippen LogP contribution in [0.4, 0.5) is 0 Å². The second-order valence-corrected chi connectivity index (χ2v) is 4.45. The molecule has 0 saturated heterocycles. The molecule has 2 aromatic heterocycles. The Hall–Kier alpha value is -1.26. The van der Waals surface area contributed by atoms with Crippen molar-refractivity contribution in [3.63, 3.8) is 0 Å². The van der Waals surface area contributed by atoms with E-state index in [-0.39, 0.29) is 12.4 Å². The molecule has 3 nitrogen and oxygen atoms in total. The number of Topliss-reactive ketones (excluding diaryl/α,β-unsaturated/α-hetero) is 1. The number of thiophene rings is 1. The highest BCUT2D eigenvalue weighted by Crippen LogP contribution is 2.19. The smallest absolute Gasteiger partial charge is 0.190 e. The number of nitrogens with zero attached hydrogens (tertiary/aromatic N) is 1. The number of rotatable bonds is 5. The van der Waals surface area contributed by atoms with Gasteiger partial charge in [0.1, 0.15) is 6.61 Å². The van der Waals surface area contributed by atoms with E-state index in [1.807, 2.05) is 24.4 Å². The lowest BCUT2D eigenvalue weighted by atomic mass is 10.2. The number of hydrogen-bond donors (Lipinski definition) is 0. The second-order valence-electron chi connectivity index (χ2n) is 3.50. The first-order valence-corrected chi connectivity index (χ1v) is 6.13. The lowest BCUT2D eigenvalue weighted by molar-refractivity contribution is 0.0761. The fraction of sp³-hybridized carbons (Fsp3) is 0.333. The number of ketones is 1. The predicted molar refractivity (Wildman–Crippen MR) is 65.1 cm³/mol. The largest absolute Gasteiger partial charge is 0.373 e. The van der Waals surface area contributed by atoms with Crippen molar-refractivity contribution >= 4 is 27.3 Å². The van der Waals surface area contributed by atoms with Crippen LogP contribution in [0, 0.1) is 0 Å². The van der Waals surface area contributed by atoms with Crippen molar-refractivity contribution in [2.45, 2.75) is 13.3 Å². The van der Waals surface area contributed by atoms with Crippen molar-refractivity contribution in [2.75, 3.05) is 13.2 Å². The molecule has 0 aromatic carbocycles. The van der Waals surface area contributed by atoms with Gasteiger partial charge in [0, 0.05) is 18.4 Å². The molecule has 0 amide bonds. The fourth-order valence-corrected chi connectivity index (χ4v) is 2.17. The summed E-state index contributed by atoms with van der Waals surface area (Å²) in [7, 11) is 0. The maximum absolute atomic E-state index is 11.7. The quantitative estimate of drug-likeness (QED) is 0.591. The number of fused-ring (bicyclic) bond motifs is 1. The van der Waals surface area contributed by atoms with Gasteiger partial charge in [-0.1, -0.05) is 6.92 Å². The lowest BCUT2D eigenvalue weighted by Crippen LogP contribution is -2.09. The molecule has 0 atom stereocenters. The highest BCUT2D eigenvalue weighted by atomic mass is 32.1. The van der Waals surface area contributed by atoms with Crippen LogP contribution in [0.3, 0.4) is 0 Å². The maximum Gasteiger partial charge on any atom is 0.190 e. The molecule has 0 unspecified atom stereocenters. The van der Waals surface area contributed by atoms with E-state index in [0.29, 0.717) is 12.2 Å². The minimum atomic E-state index is -0.00347. The van der Waals surface area contributed by atoms with E-state index in [0.717, 1.165) is 16.6 Å². The number of aromatic nitrogens is 1. The van der Waals surface area contributed by atoms with Crippen LogP contribution in [-0.4, -0.2) is 24.0 Å². The Morgan fingerprint density at radius 3 is 3.25 bits per heavy atom. The molecule has 16 heavy (non-hydrogen) atoms. The fourth-order valence-electron chi connectivity index (χ4n) is 1.39. The Morgan fingerprint density at radius 2 is 2.44 bits per heavy atom. The van der Waals surface area contributed by atoms with Crippen LogP contribution in [-0.2, 0) is 4.74 Å². The van der Waals surface area contributed by atoms with Crippen molar-refractivity contribution in [1.29, 1.82) is 0 Å². The van der Waals surface area contributed by atoms with Crippen LogP contribution in [0.15, 0.2) is 23.7 Å². The number of ether oxygens (including phenoxy) is 1. The van der Waals surface area contributed by atoms with Crippen molar-refractivity contribution in [1.82, 2.24) is 4.98 Å². The van der Waals surface area contributed by atoms with Crippen molar-refractivity contribution in [2.24, 2.45) is 0 Å². The zero-order valence-corrected chi connectivity index (χ0v) is 9.92. The molecule has 0 N–H and O–H groups in total. The molecule has 84 valence electrons. The van der Waals surface area contributed by atoms with Gasteiger partial charge in [-0.15, -0.1) is 11.3 Å². The summed E-state index contributed by atoms with van der Waals surface area (Å²) in [5.41, 5.74) is 1.57. The number of carbonyl (C=O) groups excluding carboxylic acids is 1. The third-order valence-corrected chi connectivity index (χ3v) is 3.06. The molecule has 0 aliphatic heterocycles. The van der Waals surface area contributed by atoms with Gasteiger partial charge >= 0.3 is 0 Å². The zero-order chi connectivity index (χ0) is 11.4. The monoisotopic (exact) mass is 235 g/mol. The SMILES string of the molecule is CCCOCC(=O)c1cnc2ccsc2c1. The number of pyridine rings is 1. The molecule has 0 bridgehead atoms. The zero-order valence-electron chi connectivity index (χ0n) is 9.10. The predicted octanol–water partition coefficient (Wildman–Crippen LogP) is 2.91. The summed E-state index contributed by atoms with van der Waals surface area (Å²) < 4.78 is 6.26. The first-order chi connectivity index (χ1) is 7.81. The van der Waals surface area contributed by atoms with Crippen molar-refractivity contribution in [3.8, 4) is 0 Å². The van der Waals surface area contributed by atoms with Crippen LogP contribution in [0.5, 0.6) is 0 Å². The van der Waals surface area contributed by atoms with Crippen molar-refractivity contribution < 1.29 is 9.53 Å². The molecule has 0 radical (unpaired) electrons. The lowest BCUT2D eigenvalue weighted by Gasteiger charge is -2.01. The van der Waals surface area contributed by atoms with Crippen molar-refractivity contribution in [3.05, 3.63) is 29.3 Å². The summed E-state index contributed by atoms with van der Waals surface area (Å²) >= 11 is 1.59. The number of carbonyl (C=O) groups is 1. The third-order valence-electron chi connectivity index (χ3n) is 2.21. The first-order valence-electron chi connectivity index (χ1n) is 5.25. The van der Waals surface area contributed by atoms with Crippen LogP contribution >= 0.6 is 11.3 Å². The summed E-state index contributed by atoms with van der Waals surface area (Å²) in [5, 5.41) is 1.97. The van der Waals surface area contributed by atoms with E-state index in [1.54, 1.807) is 17.5 Å². The van der Waals surface area contributed by atoms with Gasteiger partial charge in [-0.3, -0.25) is 9.78 Å². The maximum atomic E-state index is 11.7. The van der Waals surface area contributed by atoms with Gasteiger partial charge in [0.25, 0.3) is 0 Å². The highest BCUT2D eigenvalue weighted by Gasteiger charge is 2.07. The van der Waals surface area contributed by atoms with Crippen LogP contribution in [0.1, 0.15) is 23.7 Å². The Morgan fingerprint density at radius 1 is 1.56 bits per heavy atom. The third kappa shape index (κ3) is 2.46. The van der Waals surface area contributed by atoms with Gasteiger partial charge in [-0.2, -0.15) is 0 Å². The van der Waals surface area contributed by atoms with Crippen LogP contribution < -0.4 is 0 Å². The molecular formula is C12H13NO2S. The molecule has 0 aliphatic rings. The molecule has 4 heteroatoms. The van der Waals surface area contributed by atoms with E-state index < -0.39 is 0 Å². The topological polar surface area (TPSA) is 39.2 Å². The molecule has 0 spiro atoms. The minimum Gasteiger partial charge on any atom is -0.373 e. The molecule has 0 fully saturated rings. The standard InChI is InChI=1S/C12H13NO2S/c1-2-4-15-8-11(14)9-6-12-10(13-7-9)3-5-16-12/h3,5-7H,2,4,8H2,1H3. The average Bonchev–Trinajstić information content (AvgIpc) is 2.76. The minimum absolute atomic E-state index is 0.00347. The van der Waals surface area contributed by atoms with Gasteiger partial charge in [0.2, 0.25) is 0 Å².